The van der Waals surface area contributed by atoms with Crippen LogP contribution < -0.4 is 0 Å². The number of para-hydroxylation sites is 3. The predicted octanol–water partition coefficient (Wildman–Crippen LogP) is 10.7. The second-order valence-electron chi connectivity index (χ2n) is 10.9. The Balaban J connectivity index is 1.44. The number of nitrogens with zero attached hydrogens (tertiary/aromatic N) is 1. The summed E-state index contributed by atoms with van der Waals surface area (Å²) in [5, 5.41) is 12.4. The van der Waals surface area contributed by atoms with Crippen LogP contribution >= 0.6 is 0 Å². The van der Waals surface area contributed by atoms with E-state index in [1.54, 1.807) is 0 Å². The molecule has 0 radical (unpaired) electrons. The third kappa shape index (κ3) is 2.41. The molecule has 3 heterocycles. The molecule has 0 unspecified atom stereocenters. The van der Waals surface area contributed by atoms with E-state index in [1.165, 1.54) is 70.8 Å². The Morgan fingerprint density at radius 3 is 1.73 bits per heavy atom. The summed E-state index contributed by atoms with van der Waals surface area (Å²) in [6.07, 6.45) is 0. The van der Waals surface area contributed by atoms with Crippen LogP contribution in [0.2, 0.25) is 0 Å². The van der Waals surface area contributed by atoms with Gasteiger partial charge >= 0.3 is 0 Å². The van der Waals surface area contributed by atoms with Gasteiger partial charge in [-0.05, 0) is 57.6 Å². The largest absolute Gasteiger partial charge is 0.455 e. The fraction of sp³-hybridized carbons (Fsp3) is 0. The Bertz CT molecular complexity index is 2570. The summed E-state index contributed by atoms with van der Waals surface area (Å²) in [6, 6.07) is 46.3. The molecular formula is C38H21NO. The summed E-state index contributed by atoms with van der Waals surface area (Å²) in [6.45, 7) is 0. The summed E-state index contributed by atoms with van der Waals surface area (Å²) >= 11 is 0. The lowest BCUT2D eigenvalue weighted by Gasteiger charge is -2.13. The fourth-order valence-electron chi connectivity index (χ4n) is 7.30. The molecule has 2 heteroatoms. The summed E-state index contributed by atoms with van der Waals surface area (Å²) in [7, 11) is 0. The Hall–Kier alpha value is -5.34. The third-order valence-corrected chi connectivity index (χ3v) is 8.89. The molecule has 0 saturated carbocycles. The topological polar surface area (TPSA) is 17.6 Å². The molecule has 40 heavy (non-hydrogen) atoms. The molecule has 0 bridgehead atoms. The second-order valence-corrected chi connectivity index (χ2v) is 10.9. The van der Waals surface area contributed by atoms with Crippen LogP contribution in [0.3, 0.4) is 0 Å². The zero-order chi connectivity index (χ0) is 25.9. The van der Waals surface area contributed by atoms with Gasteiger partial charge in [0.1, 0.15) is 11.2 Å². The van der Waals surface area contributed by atoms with Crippen molar-refractivity contribution in [2.24, 2.45) is 0 Å². The van der Waals surface area contributed by atoms with E-state index in [1.807, 2.05) is 6.07 Å². The van der Waals surface area contributed by atoms with Crippen LogP contribution in [-0.2, 0) is 0 Å². The highest BCUT2D eigenvalue weighted by molar-refractivity contribution is 6.33. The van der Waals surface area contributed by atoms with E-state index in [0.717, 1.165) is 21.9 Å². The summed E-state index contributed by atoms with van der Waals surface area (Å²) < 4.78 is 8.94. The lowest BCUT2D eigenvalue weighted by atomic mass is 9.90. The van der Waals surface area contributed by atoms with Crippen molar-refractivity contribution in [1.82, 2.24) is 4.40 Å². The zero-order valence-electron chi connectivity index (χ0n) is 21.5. The highest BCUT2D eigenvalue weighted by Gasteiger charge is 2.21. The smallest absolute Gasteiger partial charge is 0.143 e. The zero-order valence-corrected chi connectivity index (χ0v) is 21.5. The minimum atomic E-state index is 0.930. The summed E-state index contributed by atoms with van der Waals surface area (Å²) in [5.74, 6) is 0. The number of fused-ring (bicyclic) bond motifs is 14. The molecule has 0 aliphatic carbocycles. The molecule has 0 N–H and O–H groups in total. The Morgan fingerprint density at radius 2 is 1.00 bits per heavy atom. The molecule has 3 aromatic heterocycles. The lowest BCUT2D eigenvalue weighted by molar-refractivity contribution is 0.673. The van der Waals surface area contributed by atoms with E-state index < -0.39 is 0 Å². The molecule has 10 aromatic rings. The van der Waals surface area contributed by atoms with Gasteiger partial charge in [-0.3, -0.25) is 0 Å². The van der Waals surface area contributed by atoms with E-state index in [4.69, 9.17) is 4.42 Å². The first kappa shape index (κ1) is 20.6. The van der Waals surface area contributed by atoms with E-state index in [9.17, 15) is 0 Å². The van der Waals surface area contributed by atoms with Crippen LogP contribution in [-0.4, -0.2) is 4.40 Å². The van der Waals surface area contributed by atoms with E-state index >= 15 is 0 Å². The highest BCUT2D eigenvalue weighted by Crippen LogP contribution is 2.46. The predicted molar refractivity (Wildman–Crippen MR) is 169 cm³/mol. The molecule has 10 rings (SSSR count). The normalized spacial score (nSPS) is 12.5. The van der Waals surface area contributed by atoms with Crippen molar-refractivity contribution in [3.63, 3.8) is 0 Å². The number of hydrogen-bond acceptors (Lipinski definition) is 1. The van der Waals surface area contributed by atoms with Gasteiger partial charge in [0.15, 0.2) is 0 Å². The van der Waals surface area contributed by atoms with Crippen LogP contribution in [0.1, 0.15) is 0 Å². The average Bonchev–Trinajstić information content (AvgIpc) is 3.68. The quantitative estimate of drug-likeness (QED) is 0.202. The first-order chi connectivity index (χ1) is 19.9. The molecule has 0 fully saturated rings. The molecule has 0 spiro atoms. The molecule has 0 saturated heterocycles. The van der Waals surface area contributed by atoms with Crippen molar-refractivity contribution in [2.45, 2.75) is 0 Å². The monoisotopic (exact) mass is 507 g/mol. The molecule has 7 aromatic carbocycles. The van der Waals surface area contributed by atoms with Gasteiger partial charge < -0.3 is 8.82 Å². The first-order valence-electron chi connectivity index (χ1n) is 13.8. The average molecular weight is 508 g/mol. The Morgan fingerprint density at radius 1 is 0.425 bits per heavy atom. The van der Waals surface area contributed by atoms with Gasteiger partial charge in [-0.2, -0.15) is 0 Å². The fourth-order valence-corrected chi connectivity index (χ4v) is 7.30. The van der Waals surface area contributed by atoms with Crippen molar-refractivity contribution >= 4 is 81.6 Å². The first-order valence-corrected chi connectivity index (χ1v) is 13.8. The van der Waals surface area contributed by atoms with Crippen molar-refractivity contribution < 1.29 is 4.42 Å². The maximum absolute atomic E-state index is 6.49. The molecular weight excluding hydrogens is 486 g/mol. The maximum Gasteiger partial charge on any atom is 0.143 e. The lowest BCUT2D eigenvalue weighted by Crippen LogP contribution is -1.86. The van der Waals surface area contributed by atoms with Crippen LogP contribution in [0.25, 0.3) is 92.7 Å². The maximum atomic E-state index is 6.49. The number of aromatic nitrogens is 1. The van der Waals surface area contributed by atoms with Crippen molar-refractivity contribution in [3.8, 4) is 11.1 Å². The Labute approximate surface area is 228 Å². The van der Waals surface area contributed by atoms with Gasteiger partial charge in [0, 0.05) is 37.7 Å². The van der Waals surface area contributed by atoms with Crippen LogP contribution in [0, 0.1) is 0 Å². The van der Waals surface area contributed by atoms with Crippen molar-refractivity contribution in [2.75, 3.05) is 0 Å². The molecule has 0 aliphatic heterocycles. The van der Waals surface area contributed by atoms with E-state index in [0.29, 0.717) is 0 Å². The van der Waals surface area contributed by atoms with Crippen LogP contribution in [0.4, 0.5) is 0 Å². The summed E-state index contributed by atoms with van der Waals surface area (Å²) in [5.41, 5.74) is 8.21. The Kier molecular flexibility index (Phi) is 3.70. The van der Waals surface area contributed by atoms with Gasteiger partial charge in [-0.25, -0.2) is 0 Å². The van der Waals surface area contributed by atoms with E-state index in [-0.39, 0.29) is 0 Å². The van der Waals surface area contributed by atoms with Crippen LogP contribution in [0.5, 0.6) is 0 Å². The van der Waals surface area contributed by atoms with Gasteiger partial charge in [-0.15, -0.1) is 0 Å². The number of benzene rings is 7. The SMILES string of the molecule is c1ccc2c(c1)oc1c3ccccc3c3c(-c4cc5c6ccccc6n6c7ccccc7c(c4)c56)cccc3c21. The molecule has 0 amide bonds. The highest BCUT2D eigenvalue weighted by atomic mass is 16.3. The number of hydrogen-bond donors (Lipinski definition) is 0. The molecule has 0 atom stereocenters. The third-order valence-electron chi connectivity index (χ3n) is 8.89. The van der Waals surface area contributed by atoms with Crippen LogP contribution in [0.15, 0.2) is 132 Å². The minimum Gasteiger partial charge on any atom is -0.455 e. The molecule has 184 valence electrons. The van der Waals surface area contributed by atoms with Gasteiger partial charge in [0.2, 0.25) is 0 Å². The van der Waals surface area contributed by atoms with Crippen molar-refractivity contribution in [1.29, 1.82) is 0 Å². The number of rotatable bonds is 1. The van der Waals surface area contributed by atoms with Gasteiger partial charge in [0.25, 0.3) is 0 Å². The molecule has 2 nitrogen and oxygen atoms in total. The van der Waals surface area contributed by atoms with Gasteiger partial charge in [-0.1, -0.05) is 97.1 Å². The number of furan rings is 1. The summed E-state index contributed by atoms with van der Waals surface area (Å²) in [4.78, 5) is 0. The van der Waals surface area contributed by atoms with Gasteiger partial charge in [0.05, 0.1) is 16.6 Å². The van der Waals surface area contributed by atoms with E-state index in [2.05, 4.69) is 126 Å². The molecule has 0 aliphatic rings. The van der Waals surface area contributed by atoms with Crippen molar-refractivity contribution in [3.05, 3.63) is 127 Å². The second kappa shape index (κ2) is 7.19. The minimum absolute atomic E-state index is 0.930. The standard InChI is InChI=1S/C38H21NO/c1-2-13-27-26(12-1)35-23(15-9-16-29(35)36-28-14-5-8-19-34(28)40-38(27)36)22-20-30-24-10-3-6-17-32(24)39-33-18-7-4-11-25(33)31(21-22)37(30)39/h1-21H.